The summed E-state index contributed by atoms with van der Waals surface area (Å²) >= 11 is 1.18. The van der Waals surface area contributed by atoms with E-state index in [2.05, 4.69) is 15.6 Å². The second kappa shape index (κ2) is 5.49. The molecule has 4 N–H and O–H groups in total. The number of aromatic nitrogens is 1. The van der Waals surface area contributed by atoms with Gasteiger partial charge in [0.15, 0.2) is 5.13 Å². The van der Waals surface area contributed by atoms with E-state index in [1.54, 1.807) is 24.3 Å². The highest BCUT2D eigenvalue weighted by Gasteiger charge is 2.13. The molecule has 0 bridgehead atoms. The molecule has 2 aromatic rings. The number of nitrogen functional groups attached to an aromatic ring is 1. The van der Waals surface area contributed by atoms with Crippen LogP contribution < -0.4 is 16.4 Å². The lowest BCUT2D eigenvalue weighted by Crippen LogP contribution is -2.16. The monoisotopic (exact) mass is 276 g/mol. The number of rotatable bonds is 3. The van der Waals surface area contributed by atoms with Gasteiger partial charge in [0.25, 0.3) is 5.91 Å². The summed E-state index contributed by atoms with van der Waals surface area (Å²) in [6, 6.07) is 6.74. The molecule has 19 heavy (non-hydrogen) atoms. The van der Waals surface area contributed by atoms with Crippen molar-refractivity contribution in [2.75, 3.05) is 16.4 Å². The molecule has 0 unspecified atom stereocenters. The fourth-order valence-corrected chi connectivity index (χ4v) is 2.07. The van der Waals surface area contributed by atoms with Crippen molar-refractivity contribution in [2.24, 2.45) is 0 Å². The van der Waals surface area contributed by atoms with E-state index in [0.29, 0.717) is 21.4 Å². The van der Waals surface area contributed by atoms with Gasteiger partial charge in [-0.05, 0) is 12.1 Å². The van der Waals surface area contributed by atoms with Crippen molar-refractivity contribution in [3.63, 3.8) is 0 Å². The van der Waals surface area contributed by atoms with Gasteiger partial charge in [0.1, 0.15) is 5.00 Å². The van der Waals surface area contributed by atoms with Crippen molar-refractivity contribution in [3.05, 3.63) is 36.0 Å². The predicted molar refractivity (Wildman–Crippen MR) is 75.2 cm³/mol. The average Bonchev–Trinajstić information content (AvgIpc) is 2.74. The lowest BCUT2D eigenvalue weighted by Gasteiger charge is -2.08. The summed E-state index contributed by atoms with van der Waals surface area (Å²) in [4.78, 5) is 27.1. The van der Waals surface area contributed by atoms with Crippen molar-refractivity contribution in [1.82, 2.24) is 4.98 Å². The topological polar surface area (TPSA) is 97.1 Å². The first-order chi connectivity index (χ1) is 9.06. The van der Waals surface area contributed by atoms with Crippen LogP contribution in [0.3, 0.4) is 0 Å². The first kappa shape index (κ1) is 13.0. The molecule has 0 aliphatic heterocycles. The Bertz CT molecular complexity index is 624. The van der Waals surface area contributed by atoms with Crippen LogP contribution in [0.2, 0.25) is 0 Å². The number of nitrogens with one attached hydrogen (secondary N) is 2. The third kappa shape index (κ3) is 3.29. The number of anilines is 3. The Balaban J connectivity index is 2.21. The van der Waals surface area contributed by atoms with Crippen LogP contribution in [0.5, 0.6) is 0 Å². The number of para-hydroxylation sites is 1. The Labute approximate surface area is 113 Å². The van der Waals surface area contributed by atoms with E-state index < -0.39 is 0 Å². The van der Waals surface area contributed by atoms with Crippen LogP contribution in [-0.4, -0.2) is 16.8 Å². The molecule has 1 aromatic carbocycles. The van der Waals surface area contributed by atoms with Gasteiger partial charge in [-0.2, -0.15) is 0 Å². The first-order valence-corrected chi connectivity index (χ1v) is 6.27. The fraction of sp³-hybridized carbons (Fsp3) is 0.0833. The number of hydrogen-bond acceptors (Lipinski definition) is 5. The van der Waals surface area contributed by atoms with Crippen LogP contribution in [0.15, 0.2) is 30.5 Å². The second-order valence-corrected chi connectivity index (χ2v) is 4.81. The van der Waals surface area contributed by atoms with Gasteiger partial charge in [-0.15, -0.1) is 0 Å². The van der Waals surface area contributed by atoms with E-state index in [-0.39, 0.29) is 11.8 Å². The minimum atomic E-state index is -0.348. The zero-order valence-electron chi connectivity index (χ0n) is 10.1. The maximum Gasteiger partial charge on any atom is 0.259 e. The van der Waals surface area contributed by atoms with E-state index in [1.807, 2.05) is 0 Å². The smallest absolute Gasteiger partial charge is 0.259 e. The number of carbonyl (C=O) groups excluding carboxylic acids is 2. The summed E-state index contributed by atoms with van der Waals surface area (Å²) in [6.45, 7) is 1.39. The molecular formula is C12H12N4O2S. The van der Waals surface area contributed by atoms with Gasteiger partial charge in [-0.1, -0.05) is 23.5 Å². The number of hydrogen-bond donors (Lipinski definition) is 3. The summed E-state index contributed by atoms with van der Waals surface area (Å²) in [5.41, 5.74) is 6.36. The number of benzene rings is 1. The van der Waals surface area contributed by atoms with Gasteiger partial charge in [0, 0.05) is 6.92 Å². The molecule has 0 spiro atoms. The minimum absolute atomic E-state index is 0.237. The van der Waals surface area contributed by atoms with Crippen LogP contribution in [0, 0.1) is 0 Å². The van der Waals surface area contributed by atoms with E-state index in [4.69, 9.17) is 5.73 Å². The van der Waals surface area contributed by atoms with Crippen LogP contribution in [0.4, 0.5) is 15.8 Å². The molecule has 98 valence electrons. The number of amides is 2. The number of carbonyl (C=O) groups is 2. The number of nitrogens with zero attached hydrogens (tertiary/aromatic N) is 1. The largest absolute Gasteiger partial charge is 0.389 e. The third-order valence-electron chi connectivity index (χ3n) is 2.23. The summed E-state index contributed by atoms with van der Waals surface area (Å²) in [6.07, 6.45) is 1.47. The molecule has 0 saturated heterocycles. The predicted octanol–water partition coefficient (Wildman–Crippen LogP) is 1.94. The van der Waals surface area contributed by atoms with E-state index >= 15 is 0 Å². The minimum Gasteiger partial charge on any atom is -0.389 e. The van der Waals surface area contributed by atoms with Crippen molar-refractivity contribution >= 4 is 39.0 Å². The molecule has 0 aliphatic carbocycles. The Morgan fingerprint density at radius 3 is 2.63 bits per heavy atom. The van der Waals surface area contributed by atoms with Crippen LogP contribution in [0.25, 0.3) is 0 Å². The highest BCUT2D eigenvalue weighted by atomic mass is 32.1. The standard InChI is InChI=1S/C12H12N4O2S/c1-7(17)15-9-5-3-2-4-8(9)11(18)16-12-14-6-10(13)19-12/h2-6H,13H2,1H3,(H,15,17)(H,14,16,18). The molecule has 2 rings (SSSR count). The normalized spacial score (nSPS) is 9.95. The zero-order chi connectivity index (χ0) is 13.8. The summed E-state index contributed by atoms with van der Waals surface area (Å²) in [5.74, 6) is -0.586. The van der Waals surface area contributed by atoms with E-state index in [1.165, 1.54) is 24.5 Å². The summed E-state index contributed by atoms with van der Waals surface area (Å²) in [7, 11) is 0. The van der Waals surface area contributed by atoms with Crippen molar-refractivity contribution in [2.45, 2.75) is 6.92 Å². The third-order valence-corrected chi connectivity index (χ3v) is 2.97. The fourth-order valence-electron chi connectivity index (χ4n) is 1.49. The molecule has 1 heterocycles. The van der Waals surface area contributed by atoms with Gasteiger partial charge in [-0.3, -0.25) is 14.9 Å². The molecule has 0 fully saturated rings. The van der Waals surface area contributed by atoms with E-state index in [0.717, 1.165) is 0 Å². The van der Waals surface area contributed by atoms with Gasteiger partial charge in [-0.25, -0.2) is 4.98 Å². The molecule has 0 atom stereocenters. The highest BCUT2D eigenvalue weighted by molar-refractivity contribution is 7.19. The van der Waals surface area contributed by atoms with Gasteiger partial charge in [0.2, 0.25) is 5.91 Å². The SMILES string of the molecule is CC(=O)Nc1ccccc1C(=O)Nc1ncc(N)s1. The lowest BCUT2D eigenvalue weighted by molar-refractivity contribution is -0.114. The molecule has 6 nitrogen and oxygen atoms in total. The van der Waals surface area contributed by atoms with Gasteiger partial charge < -0.3 is 11.1 Å². The molecule has 1 aromatic heterocycles. The number of nitrogens with two attached hydrogens (primary N) is 1. The molecular weight excluding hydrogens is 264 g/mol. The molecule has 2 amide bonds. The average molecular weight is 276 g/mol. The Kier molecular flexibility index (Phi) is 3.76. The van der Waals surface area contributed by atoms with Crippen LogP contribution in [-0.2, 0) is 4.79 Å². The zero-order valence-corrected chi connectivity index (χ0v) is 11.0. The Morgan fingerprint density at radius 2 is 2.00 bits per heavy atom. The quantitative estimate of drug-likeness (QED) is 0.798. The maximum atomic E-state index is 12.1. The highest BCUT2D eigenvalue weighted by Crippen LogP contribution is 2.22. The Morgan fingerprint density at radius 1 is 1.26 bits per heavy atom. The van der Waals surface area contributed by atoms with Gasteiger partial charge >= 0.3 is 0 Å². The van der Waals surface area contributed by atoms with Crippen molar-refractivity contribution < 1.29 is 9.59 Å². The summed E-state index contributed by atoms with van der Waals surface area (Å²) < 4.78 is 0. The van der Waals surface area contributed by atoms with E-state index in [9.17, 15) is 9.59 Å². The maximum absolute atomic E-state index is 12.1. The van der Waals surface area contributed by atoms with Crippen LogP contribution >= 0.6 is 11.3 Å². The molecule has 0 radical (unpaired) electrons. The second-order valence-electron chi connectivity index (χ2n) is 3.75. The molecule has 7 heteroatoms. The van der Waals surface area contributed by atoms with Gasteiger partial charge in [0.05, 0.1) is 17.4 Å². The Hall–Kier alpha value is -2.41. The first-order valence-electron chi connectivity index (χ1n) is 5.45. The molecule has 0 saturated carbocycles. The van der Waals surface area contributed by atoms with Crippen molar-refractivity contribution in [3.8, 4) is 0 Å². The molecule has 0 aliphatic rings. The van der Waals surface area contributed by atoms with Crippen molar-refractivity contribution in [1.29, 1.82) is 0 Å². The van der Waals surface area contributed by atoms with Crippen LogP contribution in [0.1, 0.15) is 17.3 Å². The lowest BCUT2D eigenvalue weighted by atomic mass is 10.1. The summed E-state index contributed by atoms with van der Waals surface area (Å²) in [5, 5.41) is 6.17. The number of thiazole rings is 1.